The van der Waals surface area contributed by atoms with Crippen molar-refractivity contribution >= 4 is 21.8 Å². The van der Waals surface area contributed by atoms with Gasteiger partial charge < -0.3 is 9.13 Å². The Morgan fingerprint density at radius 2 is 1.95 bits per heavy atom. The molecule has 4 aromatic rings. The summed E-state index contributed by atoms with van der Waals surface area (Å²) in [6, 6.07) is 13.0. The Balaban J connectivity index is 2.08. The standard InChI is InChI=1S/C17H13N3/c1-19-9-7-11-10-20-14-5-3-2-4-12(14)13-6-8-18-15(16(11)19)17(13)20/h2-9H,10H2,1H3. The first-order valence-electron chi connectivity index (χ1n) is 6.85. The molecule has 0 bridgehead atoms. The molecule has 0 saturated heterocycles. The van der Waals surface area contributed by atoms with Gasteiger partial charge in [-0.2, -0.15) is 0 Å². The highest BCUT2D eigenvalue weighted by Crippen LogP contribution is 2.39. The number of aryl methyl sites for hydroxylation is 1. The number of fused-ring (bicyclic) bond motifs is 5. The summed E-state index contributed by atoms with van der Waals surface area (Å²) in [5.74, 6) is 0. The SMILES string of the molecule is Cn1ccc2c1-c1nccc3c4ccccc4n(c13)C2. The minimum Gasteiger partial charge on any atom is -0.349 e. The van der Waals surface area contributed by atoms with Gasteiger partial charge in [0.05, 0.1) is 17.8 Å². The quantitative estimate of drug-likeness (QED) is 0.417. The van der Waals surface area contributed by atoms with Gasteiger partial charge in [0, 0.05) is 35.7 Å². The Bertz CT molecular complexity index is 988. The van der Waals surface area contributed by atoms with Crippen LogP contribution in [0.3, 0.4) is 0 Å². The van der Waals surface area contributed by atoms with Gasteiger partial charge in [0.1, 0.15) is 5.69 Å². The van der Waals surface area contributed by atoms with Crippen LogP contribution in [0.5, 0.6) is 0 Å². The number of pyridine rings is 1. The molecule has 0 radical (unpaired) electrons. The van der Waals surface area contributed by atoms with Crippen LogP contribution in [0.15, 0.2) is 48.8 Å². The zero-order chi connectivity index (χ0) is 13.3. The predicted octanol–water partition coefficient (Wildman–Crippen LogP) is 3.56. The van der Waals surface area contributed by atoms with Crippen molar-refractivity contribution < 1.29 is 0 Å². The summed E-state index contributed by atoms with van der Waals surface area (Å²) in [5.41, 5.74) is 6.27. The van der Waals surface area contributed by atoms with E-state index < -0.39 is 0 Å². The van der Waals surface area contributed by atoms with Gasteiger partial charge in [-0.05, 0) is 23.8 Å². The predicted molar refractivity (Wildman–Crippen MR) is 80.7 cm³/mol. The molecule has 0 amide bonds. The van der Waals surface area contributed by atoms with Crippen LogP contribution < -0.4 is 0 Å². The Kier molecular flexibility index (Phi) is 1.70. The smallest absolute Gasteiger partial charge is 0.111 e. The minimum absolute atomic E-state index is 0.929. The highest BCUT2D eigenvalue weighted by molar-refractivity contribution is 6.12. The number of hydrogen-bond donors (Lipinski definition) is 0. The fourth-order valence-electron chi connectivity index (χ4n) is 3.54. The molecule has 0 aliphatic carbocycles. The summed E-state index contributed by atoms with van der Waals surface area (Å²) in [7, 11) is 2.09. The molecule has 20 heavy (non-hydrogen) atoms. The normalized spacial score (nSPS) is 13.1. The molecule has 0 fully saturated rings. The van der Waals surface area contributed by atoms with Crippen LogP contribution in [-0.4, -0.2) is 14.1 Å². The van der Waals surface area contributed by atoms with Crippen molar-refractivity contribution in [3.8, 4) is 11.4 Å². The highest BCUT2D eigenvalue weighted by Gasteiger charge is 2.24. The van der Waals surface area contributed by atoms with Gasteiger partial charge in [0.2, 0.25) is 0 Å². The molecule has 0 atom stereocenters. The van der Waals surface area contributed by atoms with E-state index >= 15 is 0 Å². The number of rotatable bonds is 0. The van der Waals surface area contributed by atoms with Crippen LogP contribution in [0.1, 0.15) is 5.56 Å². The molecule has 0 unspecified atom stereocenters. The molecule has 0 saturated carbocycles. The molecule has 1 aliphatic rings. The third-order valence-corrected chi connectivity index (χ3v) is 4.39. The molecular weight excluding hydrogens is 246 g/mol. The Morgan fingerprint density at radius 1 is 1.05 bits per heavy atom. The minimum atomic E-state index is 0.929. The zero-order valence-corrected chi connectivity index (χ0v) is 11.2. The van der Waals surface area contributed by atoms with E-state index in [0.717, 1.165) is 12.2 Å². The van der Waals surface area contributed by atoms with Crippen molar-refractivity contribution in [2.45, 2.75) is 6.54 Å². The lowest BCUT2D eigenvalue weighted by Gasteiger charge is -2.17. The third-order valence-electron chi connectivity index (χ3n) is 4.39. The summed E-state index contributed by atoms with van der Waals surface area (Å²) in [5, 5.41) is 2.62. The molecule has 0 spiro atoms. The van der Waals surface area contributed by atoms with E-state index in [4.69, 9.17) is 0 Å². The molecule has 3 nitrogen and oxygen atoms in total. The van der Waals surface area contributed by atoms with E-state index in [1.54, 1.807) is 0 Å². The Labute approximate surface area is 116 Å². The van der Waals surface area contributed by atoms with Gasteiger partial charge >= 0.3 is 0 Å². The van der Waals surface area contributed by atoms with Crippen LogP contribution in [-0.2, 0) is 13.6 Å². The summed E-state index contributed by atoms with van der Waals surface area (Å²) < 4.78 is 4.58. The van der Waals surface area contributed by atoms with E-state index in [1.165, 1.54) is 33.1 Å². The molecule has 1 aromatic carbocycles. The van der Waals surface area contributed by atoms with Crippen molar-refractivity contribution in [3.05, 3.63) is 54.4 Å². The molecule has 3 heteroatoms. The number of hydrogen-bond acceptors (Lipinski definition) is 1. The third kappa shape index (κ3) is 1.05. The second kappa shape index (κ2) is 3.31. The highest BCUT2D eigenvalue weighted by atomic mass is 15.0. The molecule has 5 rings (SSSR count). The number of nitrogens with zero attached hydrogens (tertiary/aromatic N) is 3. The van der Waals surface area contributed by atoms with Crippen LogP contribution in [0, 0.1) is 0 Å². The summed E-state index contributed by atoms with van der Waals surface area (Å²) >= 11 is 0. The van der Waals surface area contributed by atoms with Crippen LogP contribution in [0.4, 0.5) is 0 Å². The van der Waals surface area contributed by atoms with Gasteiger partial charge in [-0.1, -0.05) is 18.2 Å². The maximum absolute atomic E-state index is 4.67. The maximum atomic E-state index is 4.67. The molecule has 1 aliphatic heterocycles. The lowest BCUT2D eigenvalue weighted by atomic mass is 10.1. The first kappa shape index (κ1) is 10.3. The molecular formula is C17H13N3. The fraction of sp³-hybridized carbons (Fsp3) is 0.118. The topological polar surface area (TPSA) is 22.8 Å². The van der Waals surface area contributed by atoms with Gasteiger partial charge in [0.25, 0.3) is 0 Å². The average molecular weight is 259 g/mol. The summed E-state index contributed by atoms with van der Waals surface area (Å²) in [6.45, 7) is 0.929. The zero-order valence-electron chi connectivity index (χ0n) is 11.2. The van der Waals surface area contributed by atoms with E-state index in [1.807, 2.05) is 6.20 Å². The van der Waals surface area contributed by atoms with Crippen LogP contribution in [0.2, 0.25) is 0 Å². The van der Waals surface area contributed by atoms with Crippen molar-refractivity contribution in [2.75, 3.05) is 0 Å². The van der Waals surface area contributed by atoms with Gasteiger partial charge in [-0.25, -0.2) is 0 Å². The number of para-hydroxylation sites is 1. The summed E-state index contributed by atoms with van der Waals surface area (Å²) in [6.07, 6.45) is 4.05. The second-order valence-electron chi connectivity index (χ2n) is 5.46. The monoisotopic (exact) mass is 259 g/mol. The number of aromatic nitrogens is 3. The Morgan fingerprint density at radius 3 is 2.90 bits per heavy atom. The van der Waals surface area contributed by atoms with Crippen molar-refractivity contribution in [3.63, 3.8) is 0 Å². The maximum Gasteiger partial charge on any atom is 0.111 e. The van der Waals surface area contributed by atoms with Gasteiger partial charge in [-0.3, -0.25) is 4.98 Å². The van der Waals surface area contributed by atoms with Crippen LogP contribution >= 0.6 is 0 Å². The molecule has 3 aromatic heterocycles. The average Bonchev–Trinajstić information content (AvgIpc) is 3.02. The van der Waals surface area contributed by atoms with Crippen molar-refractivity contribution in [2.24, 2.45) is 7.05 Å². The van der Waals surface area contributed by atoms with E-state index in [0.29, 0.717) is 0 Å². The van der Waals surface area contributed by atoms with Gasteiger partial charge in [0.15, 0.2) is 0 Å². The van der Waals surface area contributed by atoms with E-state index in [-0.39, 0.29) is 0 Å². The Hall–Kier alpha value is -2.55. The van der Waals surface area contributed by atoms with Crippen molar-refractivity contribution in [1.29, 1.82) is 0 Å². The first-order chi connectivity index (χ1) is 9.84. The lowest BCUT2D eigenvalue weighted by molar-refractivity contribution is 0.837. The first-order valence-corrected chi connectivity index (χ1v) is 6.85. The fourth-order valence-corrected chi connectivity index (χ4v) is 3.54. The lowest BCUT2D eigenvalue weighted by Crippen LogP contribution is -2.09. The van der Waals surface area contributed by atoms with Crippen LogP contribution in [0.25, 0.3) is 33.2 Å². The van der Waals surface area contributed by atoms with Gasteiger partial charge in [-0.15, -0.1) is 0 Å². The molecule has 96 valence electrons. The molecule has 4 heterocycles. The second-order valence-corrected chi connectivity index (χ2v) is 5.46. The largest absolute Gasteiger partial charge is 0.349 e. The molecule has 0 N–H and O–H groups in total. The summed E-state index contributed by atoms with van der Waals surface area (Å²) in [4.78, 5) is 4.67. The number of benzene rings is 1. The van der Waals surface area contributed by atoms with Crippen molar-refractivity contribution in [1.82, 2.24) is 14.1 Å². The van der Waals surface area contributed by atoms with E-state index in [9.17, 15) is 0 Å². The van der Waals surface area contributed by atoms with E-state index in [2.05, 4.69) is 63.8 Å².